The number of carbonyl (C=O) groups is 3. The molecule has 0 aromatic heterocycles. The average molecular weight is 355 g/mol. The van der Waals surface area contributed by atoms with Gasteiger partial charge in [-0.05, 0) is 54.8 Å². The van der Waals surface area contributed by atoms with Crippen molar-refractivity contribution >= 4 is 23.5 Å². The second-order valence-corrected chi connectivity index (χ2v) is 5.87. The second kappa shape index (κ2) is 8.80. The van der Waals surface area contributed by atoms with Gasteiger partial charge in [-0.1, -0.05) is 18.2 Å². The van der Waals surface area contributed by atoms with Gasteiger partial charge in [-0.15, -0.1) is 0 Å². The fourth-order valence-electron chi connectivity index (χ4n) is 2.28. The van der Waals surface area contributed by atoms with Crippen LogP contribution in [-0.2, 0) is 25.5 Å². The summed E-state index contributed by atoms with van der Waals surface area (Å²) in [6.07, 6.45) is 0.113. The monoisotopic (exact) mass is 355 g/mol. The third-order valence-corrected chi connectivity index (χ3v) is 3.87. The van der Waals surface area contributed by atoms with Crippen molar-refractivity contribution in [1.29, 1.82) is 0 Å². The summed E-state index contributed by atoms with van der Waals surface area (Å²) >= 11 is 0. The third kappa shape index (κ3) is 5.44. The molecule has 136 valence electrons. The molecule has 0 unspecified atom stereocenters. The van der Waals surface area contributed by atoms with Crippen LogP contribution in [0.2, 0.25) is 0 Å². The van der Waals surface area contributed by atoms with Crippen molar-refractivity contribution in [2.75, 3.05) is 19.0 Å². The highest BCUT2D eigenvalue weighted by Crippen LogP contribution is 2.12. The van der Waals surface area contributed by atoms with Gasteiger partial charge >= 0.3 is 11.9 Å². The maximum atomic E-state index is 11.9. The molecule has 2 rings (SSSR count). The standard InChI is InChI=1S/C20H21NO5/c1-13-4-5-15(10-14(13)2)11-19(23)26-12-18(22)21-17-8-6-16(7-9-17)20(24)25-3/h4-10H,11-12H2,1-3H3,(H,21,22). The average Bonchev–Trinajstić information content (AvgIpc) is 2.63. The molecule has 0 bridgehead atoms. The van der Waals surface area contributed by atoms with E-state index in [1.54, 1.807) is 12.1 Å². The Morgan fingerprint density at radius 1 is 0.962 bits per heavy atom. The van der Waals surface area contributed by atoms with Gasteiger partial charge in [0.1, 0.15) is 0 Å². The summed E-state index contributed by atoms with van der Waals surface area (Å²) in [5.74, 6) is -1.38. The highest BCUT2D eigenvalue weighted by atomic mass is 16.5. The molecule has 6 heteroatoms. The molecule has 0 fully saturated rings. The number of amides is 1. The highest BCUT2D eigenvalue weighted by Gasteiger charge is 2.10. The van der Waals surface area contributed by atoms with E-state index in [-0.39, 0.29) is 13.0 Å². The van der Waals surface area contributed by atoms with E-state index in [4.69, 9.17) is 4.74 Å². The van der Waals surface area contributed by atoms with E-state index in [0.29, 0.717) is 11.3 Å². The number of carbonyl (C=O) groups excluding carboxylic acids is 3. The van der Waals surface area contributed by atoms with Gasteiger partial charge in [-0.2, -0.15) is 0 Å². The molecule has 1 amide bonds. The molecule has 2 aromatic carbocycles. The number of hydrogen-bond donors (Lipinski definition) is 1. The minimum Gasteiger partial charge on any atom is -0.465 e. The number of nitrogens with one attached hydrogen (secondary N) is 1. The van der Waals surface area contributed by atoms with Crippen molar-refractivity contribution in [3.8, 4) is 0 Å². The first-order chi connectivity index (χ1) is 12.4. The lowest BCUT2D eigenvalue weighted by Gasteiger charge is -2.08. The van der Waals surface area contributed by atoms with Crippen LogP contribution < -0.4 is 5.32 Å². The fraction of sp³-hybridized carbons (Fsp3) is 0.250. The van der Waals surface area contributed by atoms with Gasteiger partial charge in [-0.3, -0.25) is 9.59 Å². The van der Waals surface area contributed by atoms with Gasteiger partial charge in [-0.25, -0.2) is 4.79 Å². The molecule has 1 N–H and O–H groups in total. The summed E-state index contributed by atoms with van der Waals surface area (Å²) in [6.45, 7) is 3.60. The SMILES string of the molecule is COC(=O)c1ccc(NC(=O)COC(=O)Cc2ccc(C)c(C)c2)cc1. The van der Waals surface area contributed by atoms with Gasteiger partial charge in [0.05, 0.1) is 19.1 Å². The molecule has 26 heavy (non-hydrogen) atoms. The topological polar surface area (TPSA) is 81.7 Å². The van der Waals surface area contributed by atoms with E-state index in [1.165, 1.54) is 19.2 Å². The van der Waals surface area contributed by atoms with Gasteiger partial charge in [0.25, 0.3) is 5.91 Å². The van der Waals surface area contributed by atoms with Gasteiger partial charge in [0.2, 0.25) is 0 Å². The predicted molar refractivity (Wildman–Crippen MR) is 97.0 cm³/mol. The number of anilines is 1. The number of methoxy groups -OCH3 is 1. The van der Waals surface area contributed by atoms with Crippen molar-refractivity contribution in [2.45, 2.75) is 20.3 Å². The maximum Gasteiger partial charge on any atom is 0.337 e. The smallest absolute Gasteiger partial charge is 0.337 e. The fourth-order valence-corrected chi connectivity index (χ4v) is 2.28. The van der Waals surface area contributed by atoms with Crippen LogP contribution in [0.4, 0.5) is 5.69 Å². The van der Waals surface area contributed by atoms with Crippen molar-refractivity contribution in [3.63, 3.8) is 0 Å². The van der Waals surface area contributed by atoms with E-state index in [2.05, 4.69) is 10.1 Å². The van der Waals surface area contributed by atoms with E-state index >= 15 is 0 Å². The van der Waals surface area contributed by atoms with Crippen LogP contribution in [0.5, 0.6) is 0 Å². The van der Waals surface area contributed by atoms with Crippen LogP contribution in [-0.4, -0.2) is 31.6 Å². The molecular formula is C20H21NO5. The summed E-state index contributed by atoms with van der Waals surface area (Å²) in [6, 6.07) is 12.0. The molecule has 0 spiro atoms. The number of ether oxygens (including phenoxy) is 2. The Morgan fingerprint density at radius 3 is 2.27 bits per heavy atom. The van der Waals surface area contributed by atoms with Crippen LogP contribution in [0.15, 0.2) is 42.5 Å². The number of esters is 2. The molecular weight excluding hydrogens is 334 g/mol. The molecule has 0 aliphatic carbocycles. The normalized spacial score (nSPS) is 10.1. The third-order valence-electron chi connectivity index (χ3n) is 3.87. The van der Waals surface area contributed by atoms with Crippen LogP contribution in [0, 0.1) is 13.8 Å². The summed E-state index contributed by atoms with van der Waals surface area (Å²) in [5, 5.41) is 2.59. The maximum absolute atomic E-state index is 11.9. The molecule has 0 atom stereocenters. The van der Waals surface area contributed by atoms with Crippen molar-refractivity contribution in [2.24, 2.45) is 0 Å². The minimum absolute atomic E-state index is 0.113. The lowest BCUT2D eigenvalue weighted by atomic mass is 10.0. The molecule has 2 aromatic rings. The zero-order chi connectivity index (χ0) is 19.1. The lowest BCUT2D eigenvalue weighted by Crippen LogP contribution is -2.21. The Balaban J connectivity index is 1.81. The van der Waals surface area contributed by atoms with Crippen LogP contribution in [0.3, 0.4) is 0 Å². The van der Waals surface area contributed by atoms with Crippen molar-refractivity contribution < 1.29 is 23.9 Å². The van der Waals surface area contributed by atoms with Crippen LogP contribution >= 0.6 is 0 Å². The number of hydrogen-bond acceptors (Lipinski definition) is 5. The second-order valence-electron chi connectivity index (χ2n) is 5.87. The number of rotatable bonds is 6. The molecule has 0 radical (unpaired) electrons. The quantitative estimate of drug-likeness (QED) is 0.806. The van der Waals surface area contributed by atoms with Crippen LogP contribution in [0.25, 0.3) is 0 Å². The summed E-state index contributed by atoms with van der Waals surface area (Å²) in [7, 11) is 1.30. The van der Waals surface area contributed by atoms with E-state index in [0.717, 1.165) is 16.7 Å². The Bertz CT molecular complexity index is 811. The van der Waals surface area contributed by atoms with Crippen LogP contribution in [0.1, 0.15) is 27.0 Å². The summed E-state index contributed by atoms with van der Waals surface area (Å²) in [4.78, 5) is 35.1. The Kier molecular flexibility index (Phi) is 6.49. The lowest BCUT2D eigenvalue weighted by molar-refractivity contribution is -0.146. The van der Waals surface area contributed by atoms with Gasteiger partial charge in [0, 0.05) is 5.69 Å². The zero-order valence-corrected chi connectivity index (χ0v) is 15.0. The first-order valence-electron chi connectivity index (χ1n) is 8.09. The Hall–Kier alpha value is -3.15. The molecule has 6 nitrogen and oxygen atoms in total. The van der Waals surface area contributed by atoms with Gasteiger partial charge < -0.3 is 14.8 Å². The first-order valence-corrected chi connectivity index (χ1v) is 8.09. The molecule has 0 aliphatic rings. The van der Waals surface area contributed by atoms with Gasteiger partial charge in [0.15, 0.2) is 6.61 Å². The highest BCUT2D eigenvalue weighted by molar-refractivity contribution is 5.94. The van der Waals surface area contributed by atoms with E-state index < -0.39 is 17.8 Å². The van der Waals surface area contributed by atoms with E-state index in [9.17, 15) is 14.4 Å². The first kappa shape index (κ1) is 19.2. The van der Waals surface area contributed by atoms with Crippen molar-refractivity contribution in [3.05, 3.63) is 64.7 Å². The Morgan fingerprint density at radius 2 is 1.65 bits per heavy atom. The molecule has 0 saturated heterocycles. The number of aryl methyl sites for hydroxylation is 2. The minimum atomic E-state index is -0.468. The van der Waals surface area contributed by atoms with E-state index in [1.807, 2.05) is 32.0 Å². The molecule has 0 heterocycles. The summed E-state index contributed by atoms with van der Waals surface area (Å²) < 4.78 is 9.61. The number of benzene rings is 2. The Labute approximate surface area is 152 Å². The molecule has 0 aliphatic heterocycles. The summed E-state index contributed by atoms with van der Waals surface area (Å²) in [5.41, 5.74) is 3.97. The van der Waals surface area contributed by atoms with Crippen molar-refractivity contribution in [1.82, 2.24) is 0 Å². The molecule has 0 saturated carbocycles. The predicted octanol–water partition coefficient (Wildman–Crippen LogP) is 2.81. The zero-order valence-electron chi connectivity index (χ0n) is 15.0. The largest absolute Gasteiger partial charge is 0.465 e.